The van der Waals surface area contributed by atoms with Crippen molar-refractivity contribution in [1.82, 2.24) is 10.9 Å². The number of ether oxygens (including phenoxy) is 2. The maximum Gasteiger partial charge on any atom is 0.276 e. The molecule has 25 heavy (non-hydrogen) atoms. The number of methoxy groups -OCH3 is 1. The van der Waals surface area contributed by atoms with E-state index in [1.54, 1.807) is 31.4 Å². The zero-order valence-electron chi connectivity index (χ0n) is 13.8. The highest BCUT2D eigenvalue weighted by atomic mass is 35.5. The lowest BCUT2D eigenvalue weighted by molar-refractivity contribution is -0.130. The summed E-state index contributed by atoms with van der Waals surface area (Å²) < 4.78 is 10.5. The van der Waals surface area contributed by atoms with Gasteiger partial charge in [-0.25, -0.2) is 0 Å². The van der Waals surface area contributed by atoms with Gasteiger partial charge in [-0.1, -0.05) is 41.9 Å². The van der Waals surface area contributed by atoms with Crippen LogP contribution in [0.3, 0.4) is 0 Å². The zero-order valence-corrected chi connectivity index (χ0v) is 14.5. The van der Waals surface area contributed by atoms with E-state index >= 15 is 0 Å². The molecule has 6 nitrogen and oxygen atoms in total. The average molecular weight is 363 g/mol. The fraction of sp³-hybridized carbons (Fsp3) is 0.222. The minimum atomic E-state index is -0.481. The van der Waals surface area contributed by atoms with Crippen LogP contribution in [0.2, 0.25) is 5.02 Å². The van der Waals surface area contributed by atoms with Gasteiger partial charge in [-0.05, 0) is 30.2 Å². The van der Waals surface area contributed by atoms with Crippen molar-refractivity contribution in [2.45, 2.75) is 12.8 Å². The molecule has 0 bridgehead atoms. The normalized spacial score (nSPS) is 10.0. The van der Waals surface area contributed by atoms with E-state index in [2.05, 4.69) is 10.9 Å². The van der Waals surface area contributed by atoms with Gasteiger partial charge in [0.15, 0.2) is 6.61 Å². The maximum atomic E-state index is 11.8. The molecule has 0 aliphatic rings. The van der Waals surface area contributed by atoms with Crippen LogP contribution in [0.1, 0.15) is 12.0 Å². The molecule has 0 radical (unpaired) electrons. The molecule has 0 fully saturated rings. The standard InChI is InChI=1S/C18H19ClN2O4/c1-24-15-8-4-2-6-13(15)10-11-17(22)20-21-18(23)12-25-16-9-5-3-7-14(16)19/h2-9H,10-12H2,1H3,(H,20,22)(H,21,23). The van der Waals surface area contributed by atoms with Gasteiger partial charge >= 0.3 is 0 Å². The van der Waals surface area contributed by atoms with Gasteiger partial charge in [0.05, 0.1) is 12.1 Å². The molecule has 0 aliphatic carbocycles. The van der Waals surface area contributed by atoms with E-state index in [0.717, 1.165) is 11.3 Å². The highest BCUT2D eigenvalue weighted by Gasteiger charge is 2.09. The molecule has 0 aromatic heterocycles. The number of carbonyl (C=O) groups excluding carboxylic acids is 2. The van der Waals surface area contributed by atoms with Crippen LogP contribution >= 0.6 is 11.6 Å². The molecule has 0 aliphatic heterocycles. The number of hydrogen-bond donors (Lipinski definition) is 2. The molecule has 0 unspecified atom stereocenters. The van der Waals surface area contributed by atoms with Crippen molar-refractivity contribution in [1.29, 1.82) is 0 Å². The summed E-state index contributed by atoms with van der Waals surface area (Å²) in [4.78, 5) is 23.5. The largest absolute Gasteiger partial charge is 0.496 e. The minimum Gasteiger partial charge on any atom is -0.496 e. The van der Waals surface area contributed by atoms with Crippen LogP contribution in [0, 0.1) is 0 Å². The predicted octanol–water partition coefficient (Wildman–Crippen LogP) is 2.51. The van der Waals surface area contributed by atoms with E-state index in [0.29, 0.717) is 17.2 Å². The molecule has 0 atom stereocenters. The lowest BCUT2D eigenvalue weighted by atomic mass is 10.1. The molecule has 2 aromatic rings. The summed E-state index contributed by atoms with van der Waals surface area (Å²) in [5, 5.41) is 0.413. The van der Waals surface area contributed by atoms with Crippen LogP contribution in [0.4, 0.5) is 0 Å². The highest BCUT2D eigenvalue weighted by Crippen LogP contribution is 2.22. The Morgan fingerprint density at radius 1 is 0.960 bits per heavy atom. The minimum absolute atomic E-state index is 0.214. The Morgan fingerprint density at radius 3 is 2.32 bits per heavy atom. The number of halogens is 1. The Hall–Kier alpha value is -2.73. The van der Waals surface area contributed by atoms with Gasteiger partial charge in [0, 0.05) is 6.42 Å². The van der Waals surface area contributed by atoms with Gasteiger partial charge in [-0.2, -0.15) is 0 Å². The Balaban J connectivity index is 1.71. The van der Waals surface area contributed by atoms with Gasteiger partial charge in [-0.15, -0.1) is 0 Å². The van der Waals surface area contributed by atoms with Gasteiger partial charge < -0.3 is 9.47 Å². The molecular formula is C18H19ClN2O4. The molecule has 7 heteroatoms. The van der Waals surface area contributed by atoms with Crippen LogP contribution in [-0.2, 0) is 16.0 Å². The zero-order chi connectivity index (χ0) is 18.1. The monoisotopic (exact) mass is 362 g/mol. The smallest absolute Gasteiger partial charge is 0.276 e. The van der Waals surface area contributed by atoms with E-state index in [1.165, 1.54) is 0 Å². The number of benzene rings is 2. The van der Waals surface area contributed by atoms with Crippen LogP contribution in [0.25, 0.3) is 0 Å². The van der Waals surface area contributed by atoms with E-state index in [4.69, 9.17) is 21.1 Å². The van der Waals surface area contributed by atoms with Crippen LogP contribution in [-0.4, -0.2) is 25.5 Å². The summed E-state index contributed by atoms with van der Waals surface area (Å²) in [7, 11) is 1.58. The number of carbonyl (C=O) groups is 2. The fourth-order valence-corrected chi connectivity index (χ4v) is 2.29. The summed E-state index contributed by atoms with van der Waals surface area (Å²) in [6, 6.07) is 14.3. The number of para-hydroxylation sites is 2. The number of nitrogens with one attached hydrogen (secondary N) is 2. The van der Waals surface area contributed by atoms with Crippen molar-refractivity contribution in [2.75, 3.05) is 13.7 Å². The third kappa shape index (κ3) is 6.00. The third-order valence-electron chi connectivity index (χ3n) is 3.35. The maximum absolute atomic E-state index is 11.8. The van der Waals surface area contributed by atoms with Crippen molar-refractivity contribution in [3.63, 3.8) is 0 Å². The van der Waals surface area contributed by atoms with E-state index < -0.39 is 5.91 Å². The second-order valence-corrected chi connectivity index (χ2v) is 5.53. The first-order valence-corrected chi connectivity index (χ1v) is 8.05. The summed E-state index contributed by atoms with van der Waals surface area (Å²) >= 11 is 5.92. The van der Waals surface area contributed by atoms with Crippen LogP contribution in [0.15, 0.2) is 48.5 Å². The summed E-state index contributed by atoms with van der Waals surface area (Å²) in [5.41, 5.74) is 5.57. The van der Waals surface area contributed by atoms with Crippen molar-refractivity contribution in [2.24, 2.45) is 0 Å². The molecule has 0 heterocycles. The predicted molar refractivity (Wildman–Crippen MR) is 94.5 cm³/mol. The molecule has 2 aromatic carbocycles. The fourth-order valence-electron chi connectivity index (χ4n) is 2.10. The van der Waals surface area contributed by atoms with Crippen molar-refractivity contribution in [3.8, 4) is 11.5 Å². The number of hydrazine groups is 1. The number of aryl methyl sites for hydroxylation is 1. The van der Waals surface area contributed by atoms with Crippen molar-refractivity contribution < 1.29 is 19.1 Å². The van der Waals surface area contributed by atoms with Crippen LogP contribution in [0.5, 0.6) is 11.5 Å². The lowest BCUT2D eigenvalue weighted by Crippen LogP contribution is -2.43. The van der Waals surface area contributed by atoms with Crippen molar-refractivity contribution in [3.05, 3.63) is 59.1 Å². The number of amides is 2. The Bertz CT molecular complexity index is 737. The van der Waals surface area contributed by atoms with Crippen molar-refractivity contribution >= 4 is 23.4 Å². The van der Waals surface area contributed by atoms with Gasteiger partial charge in [0.1, 0.15) is 11.5 Å². The molecule has 2 rings (SSSR count). The molecule has 0 saturated carbocycles. The van der Waals surface area contributed by atoms with Gasteiger partial charge in [0.2, 0.25) is 5.91 Å². The molecular weight excluding hydrogens is 344 g/mol. The quantitative estimate of drug-likeness (QED) is 0.742. The van der Waals surface area contributed by atoms with Gasteiger partial charge in [0.25, 0.3) is 5.91 Å². The van der Waals surface area contributed by atoms with Crippen LogP contribution < -0.4 is 20.3 Å². The second-order valence-electron chi connectivity index (χ2n) is 5.13. The number of rotatable bonds is 7. The molecule has 0 spiro atoms. The summed E-state index contributed by atoms with van der Waals surface area (Å²) in [5.74, 6) is 0.344. The van der Waals surface area contributed by atoms with E-state index in [-0.39, 0.29) is 18.9 Å². The van der Waals surface area contributed by atoms with E-state index in [9.17, 15) is 9.59 Å². The first-order valence-electron chi connectivity index (χ1n) is 7.67. The van der Waals surface area contributed by atoms with E-state index in [1.807, 2.05) is 24.3 Å². The Labute approximate surface area is 151 Å². The lowest BCUT2D eigenvalue weighted by Gasteiger charge is -2.10. The second kappa shape index (κ2) is 9.54. The Morgan fingerprint density at radius 2 is 1.60 bits per heavy atom. The molecule has 2 N–H and O–H groups in total. The van der Waals surface area contributed by atoms with Gasteiger partial charge in [-0.3, -0.25) is 20.4 Å². The number of hydrogen-bond acceptors (Lipinski definition) is 4. The Kier molecular flexibility index (Phi) is 7.10. The molecule has 2 amide bonds. The SMILES string of the molecule is COc1ccccc1CCC(=O)NNC(=O)COc1ccccc1Cl. The third-order valence-corrected chi connectivity index (χ3v) is 3.66. The molecule has 0 saturated heterocycles. The highest BCUT2D eigenvalue weighted by molar-refractivity contribution is 6.32. The first-order chi connectivity index (χ1) is 12.1. The molecule has 132 valence electrons. The first kappa shape index (κ1) is 18.6. The summed E-state index contributed by atoms with van der Waals surface area (Å²) in [6.45, 7) is -0.253. The summed E-state index contributed by atoms with van der Waals surface area (Å²) in [6.07, 6.45) is 0.716. The topological polar surface area (TPSA) is 76.7 Å². The average Bonchev–Trinajstić information content (AvgIpc) is 2.64.